The number of phenols is 1. The summed E-state index contributed by atoms with van der Waals surface area (Å²) in [6.07, 6.45) is -5.08. The summed E-state index contributed by atoms with van der Waals surface area (Å²) in [5, 5.41) is 20.4. The zero-order chi connectivity index (χ0) is 28.7. The molecule has 1 aromatic heterocycles. The van der Waals surface area contributed by atoms with E-state index < -0.39 is 12.1 Å². The van der Waals surface area contributed by atoms with E-state index in [9.17, 15) is 23.1 Å². The molecule has 4 aromatic rings. The van der Waals surface area contributed by atoms with E-state index in [0.29, 0.717) is 17.1 Å². The molecule has 1 aliphatic rings. The largest absolute Gasteiger partial charge is 0.508 e. The molecule has 0 bridgehead atoms. The van der Waals surface area contributed by atoms with Gasteiger partial charge in [0.05, 0.1) is 0 Å². The Labute approximate surface area is 228 Å². The van der Waals surface area contributed by atoms with Crippen LogP contribution in [0, 0.1) is 0 Å². The van der Waals surface area contributed by atoms with Gasteiger partial charge in [0.25, 0.3) is 5.91 Å². The number of fused-ring (bicyclic) bond motifs is 1. The summed E-state index contributed by atoms with van der Waals surface area (Å²) in [5.74, 6) is -2.38. The lowest BCUT2D eigenvalue weighted by molar-refractivity contribution is -0.192. The molecule has 0 atom stereocenters. The fourth-order valence-corrected chi connectivity index (χ4v) is 4.26. The number of furan rings is 1. The van der Waals surface area contributed by atoms with Gasteiger partial charge in [0.15, 0.2) is 5.76 Å². The zero-order valence-corrected chi connectivity index (χ0v) is 21.4. The molecule has 0 spiro atoms. The Kier molecular flexibility index (Phi) is 9.08. The number of nitrogens with zero attached hydrogens (tertiary/aromatic N) is 2. The first-order valence-corrected chi connectivity index (χ1v) is 12.5. The van der Waals surface area contributed by atoms with E-state index >= 15 is 0 Å². The summed E-state index contributed by atoms with van der Waals surface area (Å²) < 4.78 is 37.4. The van der Waals surface area contributed by atoms with Gasteiger partial charge in [-0.15, -0.1) is 0 Å². The Morgan fingerprint density at radius 1 is 0.825 bits per heavy atom. The van der Waals surface area contributed by atoms with Crippen molar-refractivity contribution in [1.82, 2.24) is 9.80 Å². The number of hydrogen-bond acceptors (Lipinski definition) is 6. The first-order valence-electron chi connectivity index (χ1n) is 12.5. The number of benzene rings is 3. The van der Waals surface area contributed by atoms with E-state index in [2.05, 4.69) is 21.2 Å². The highest BCUT2D eigenvalue weighted by molar-refractivity contribution is 6.04. The van der Waals surface area contributed by atoms with Crippen LogP contribution < -0.4 is 5.32 Å². The second-order valence-electron chi connectivity index (χ2n) is 9.32. The number of halogens is 3. The number of piperazine rings is 1. The van der Waals surface area contributed by atoms with Crippen molar-refractivity contribution in [3.05, 3.63) is 95.7 Å². The summed E-state index contributed by atoms with van der Waals surface area (Å²) in [6, 6.07) is 24.8. The van der Waals surface area contributed by atoms with Crippen LogP contribution in [0.15, 0.2) is 83.3 Å². The van der Waals surface area contributed by atoms with Crippen LogP contribution in [0.5, 0.6) is 5.75 Å². The minimum atomic E-state index is -5.08. The molecular formula is C29H28F3N3O5. The first-order chi connectivity index (χ1) is 19.1. The van der Waals surface area contributed by atoms with Gasteiger partial charge < -0.3 is 19.9 Å². The van der Waals surface area contributed by atoms with Gasteiger partial charge in [0, 0.05) is 50.3 Å². The number of rotatable bonds is 6. The van der Waals surface area contributed by atoms with Crippen molar-refractivity contribution in [3.8, 4) is 5.75 Å². The van der Waals surface area contributed by atoms with Gasteiger partial charge in [0.1, 0.15) is 11.3 Å². The van der Waals surface area contributed by atoms with E-state index in [4.69, 9.17) is 14.3 Å². The molecule has 0 unspecified atom stereocenters. The SMILES string of the molecule is O=C(Nc1cccc(CN2CCN(Cc3ccc(O)cc3)CC2)c1)c1cc2ccccc2o1.O=C(O)C(F)(F)F. The van der Waals surface area contributed by atoms with Gasteiger partial charge in [-0.05, 0) is 47.5 Å². The fourth-order valence-electron chi connectivity index (χ4n) is 4.26. The Morgan fingerprint density at radius 3 is 2.02 bits per heavy atom. The van der Waals surface area contributed by atoms with Crippen molar-refractivity contribution in [2.24, 2.45) is 0 Å². The van der Waals surface area contributed by atoms with E-state index in [0.717, 1.165) is 50.3 Å². The number of phenolic OH excluding ortho intramolecular Hbond substituents is 1. The summed E-state index contributed by atoms with van der Waals surface area (Å²) in [5.41, 5.74) is 3.86. The Hall–Kier alpha value is -4.35. The molecule has 0 saturated carbocycles. The molecule has 2 heterocycles. The lowest BCUT2D eigenvalue weighted by Crippen LogP contribution is -2.45. The maximum absolute atomic E-state index is 12.7. The third kappa shape index (κ3) is 8.08. The van der Waals surface area contributed by atoms with Gasteiger partial charge in [-0.3, -0.25) is 14.6 Å². The van der Waals surface area contributed by atoms with Crippen LogP contribution in [-0.4, -0.2) is 64.2 Å². The van der Waals surface area contributed by atoms with Crippen molar-refractivity contribution in [1.29, 1.82) is 0 Å². The summed E-state index contributed by atoms with van der Waals surface area (Å²) >= 11 is 0. The lowest BCUT2D eigenvalue weighted by atomic mass is 10.1. The van der Waals surface area contributed by atoms with Crippen molar-refractivity contribution >= 4 is 28.5 Å². The zero-order valence-electron chi connectivity index (χ0n) is 21.4. The van der Waals surface area contributed by atoms with Gasteiger partial charge in [-0.2, -0.15) is 13.2 Å². The molecule has 1 amide bonds. The first kappa shape index (κ1) is 28.7. The number of hydrogen-bond donors (Lipinski definition) is 3. The summed E-state index contributed by atoms with van der Waals surface area (Å²) in [4.78, 5) is 26.4. The molecule has 1 saturated heterocycles. The molecule has 40 heavy (non-hydrogen) atoms. The van der Waals surface area contributed by atoms with Crippen molar-refractivity contribution in [3.63, 3.8) is 0 Å². The molecule has 11 heteroatoms. The van der Waals surface area contributed by atoms with Crippen molar-refractivity contribution in [2.45, 2.75) is 19.3 Å². The average Bonchev–Trinajstić information content (AvgIpc) is 3.36. The standard InChI is InChI=1S/C27H27N3O3.C2HF3O2/c31-24-10-8-20(9-11-24)18-29-12-14-30(15-13-29)19-21-4-3-6-23(16-21)28-27(32)26-17-22-5-1-2-7-25(22)33-26;3-2(4,5)1(6)7/h1-11,16-17,31H,12-15,18-19H2,(H,28,32);(H,6,7). The highest BCUT2D eigenvalue weighted by Gasteiger charge is 2.38. The number of amides is 1. The number of anilines is 1. The predicted octanol–water partition coefficient (Wildman–Crippen LogP) is 5.34. The van der Waals surface area contributed by atoms with Crippen LogP contribution >= 0.6 is 0 Å². The van der Waals surface area contributed by atoms with E-state index in [1.54, 1.807) is 18.2 Å². The Bertz CT molecular complexity index is 1410. The van der Waals surface area contributed by atoms with Crippen LogP contribution in [0.25, 0.3) is 11.0 Å². The summed E-state index contributed by atoms with van der Waals surface area (Å²) in [7, 11) is 0. The fraction of sp³-hybridized carbons (Fsp3) is 0.241. The van der Waals surface area contributed by atoms with Crippen LogP contribution in [0.1, 0.15) is 21.7 Å². The summed E-state index contributed by atoms with van der Waals surface area (Å²) in [6.45, 7) is 5.74. The second-order valence-corrected chi connectivity index (χ2v) is 9.32. The van der Waals surface area contributed by atoms with Gasteiger partial charge in [-0.25, -0.2) is 4.79 Å². The van der Waals surface area contributed by atoms with Crippen LogP contribution in [0.3, 0.4) is 0 Å². The van der Waals surface area contributed by atoms with Gasteiger partial charge >= 0.3 is 12.1 Å². The number of nitrogens with one attached hydrogen (secondary N) is 1. The molecule has 210 valence electrons. The number of carboxylic acids is 1. The predicted molar refractivity (Wildman–Crippen MR) is 143 cm³/mol. The second kappa shape index (κ2) is 12.7. The molecule has 3 aromatic carbocycles. The minimum absolute atomic E-state index is 0.244. The van der Waals surface area contributed by atoms with Crippen LogP contribution in [0.2, 0.25) is 0 Å². The number of carboxylic acid groups (broad SMARTS) is 1. The molecule has 8 nitrogen and oxygen atoms in total. The van der Waals surface area contributed by atoms with Gasteiger partial charge in [-0.1, -0.05) is 42.5 Å². The third-order valence-electron chi connectivity index (χ3n) is 6.29. The highest BCUT2D eigenvalue weighted by Crippen LogP contribution is 2.21. The Morgan fingerprint density at radius 2 is 1.43 bits per heavy atom. The molecule has 0 aliphatic carbocycles. The number of carbonyl (C=O) groups is 2. The van der Waals surface area contributed by atoms with E-state index in [1.807, 2.05) is 54.6 Å². The molecule has 1 aliphatic heterocycles. The maximum atomic E-state index is 12.7. The average molecular weight is 556 g/mol. The quantitative estimate of drug-likeness (QED) is 0.295. The topological polar surface area (TPSA) is 106 Å². The van der Waals surface area contributed by atoms with Crippen molar-refractivity contribution in [2.75, 3.05) is 31.5 Å². The number of aromatic hydroxyl groups is 1. The Balaban J connectivity index is 0.000000470. The number of alkyl halides is 3. The lowest BCUT2D eigenvalue weighted by Gasteiger charge is -2.34. The molecule has 5 rings (SSSR count). The van der Waals surface area contributed by atoms with E-state index in [-0.39, 0.29) is 5.91 Å². The monoisotopic (exact) mass is 555 g/mol. The van der Waals surface area contributed by atoms with Gasteiger partial charge in [0.2, 0.25) is 0 Å². The number of para-hydroxylation sites is 1. The molecule has 1 fully saturated rings. The highest BCUT2D eigenvalue weighted by atomic mass is 19.4. The minimum Gasteiger partial charge on any atom is -0.508 e. The normalized spacial score (nSPS) is 14.4. The smallest absolute Gasteiger partial charge is 0.490 e. The third-order valence-corrected chi connectivity index (χ3v) is 6.29. The van der Waals surface area contributed by atoms with Crippen LogP contribution in [0.4, 0.5) is 18.9 Å². The number of carbonyl (C=O) groups excluding carboxylic acids is 1. The molecular weight excluding hydrogens is 527 g/mol. The van der Waals surface area contributed by atoms with Crippen LogP contribution in [-0.2, 0) is 17.9 Å². The molecule has 0 radical (unpaired) electrons. The number of aliphatic carboxylic acids is 1. The van der Waals surface area contributed by atoms with E-state index in [1.165, 1.54) is 11.1 Å². The molecule has 3 N–H and O–H groups in total. The van der Waals surface area contributed by atoms with Crippen molar-refractivity contribution < 1.29 is 37.4 Å². The maximum Gasteiger partial charge on any atom is 0.490 e.